The fourth-order valence-corrected chi connectivity index (χ4v) is 29.2. The average molecular weight is 1310 g/mol. The lowest BCUT2D eigenvalue weighted by atomic mass is 10.1. The van der Waals surface area contributed by atoms with Crippen LogP contribution in [0.5, 0.6) is 0 Å². The van der Waals surface area contributed by atoms with Crippen molar-refractivity contribution in [2.75, 3.05) is 133 Å². The van der Waals surface area contributed by atoms with Crippen LogP contribution in [-0.2, 0) is 41.5 Å². The van der Waals surface area contributed by atoms with Gasteiger partial charge in [0.1, 0.15) is 0 Å². The standard InChI is InChI=1S/C45H52N2O11S16/c1-59-34-37-62-20-15-55-10-11-56-17-22-64-39-36(61-3)69-44(72-39)45-73-40(41(74-45)66-23-18-58-13-12-57-16-21-63-38-35(60-2)68-43(71-38)42(67-34)70-37)65-19-14-54-8-5-47-32(51)28-24-26-27(25-29(28)33(47)52)31(50)46(30(26)49)4-7-53-9-6-48/h24-25,48H,4-23H2,1-3H3/b43-42-,45-44-. The van der Waals surface area contributed by atoms with Crippen molar-refractivity contribution in [3.63, 3.8) is 0 Å². The van der Waals surface area contributed by atoms with E-state index in [1.165, 1.54) is 63.0 Å². The van der Waals surface area contributed by atoms with E-state index in [-0.39, 0.29) is 61.1 Å². The van der Waals surface area contributed by atoms with Crippen LogP contribution in [0.25, 0.3) is 21.5 Å². The Morgan fingerprint density at radius 1 is 0.446 bits per heavy atom. The summed E-state index contributed by atoms with van der Waals surface area (Å²) in [4.78, 5) is 53.0. The number of fused-ring (bicyclic) bond motifs is 10. The quantitative estimate of drug-likeness (QED) is 0.143. The van der Waals surface area contributed by atoms with E-state index in [4.69, 9.17) is 33.5 Å². The summed E-state index contributed by atoms with van der Waals surface area (Å²) in [5.41, 5.74) is -2.13. The van der Waals surface area contributed by atoms with Crippen molar-refractivity contribution in [3.05, 3.63) is 104 Å². The molecule has 404 valence electrons. The van der Waals surface area contributed by atoms with Crippen LogP contribution >= 0.6 is 188 Å². The number of hydrogen-bond donors (Lipinski definition) is 1. The van der Waals surface area contributed by atoms with Gasteiger partial charge in [-0.15, -0.1) is 94.1 Å². The molecule has 29 heteroatoms. The van der Waals surface area contributed by atoms with Crippen molar-refractivity contribution < 1.29 is 33.5 Å². The highest BCUT2D eigenvalue weighted by molar-refractivity contribution is 8.46. The zero-order chi connectivity index (χ0) is 51.8. The lowest BCUT2D eigenvalue weighted by Crippen LogP contribution is -2.28. The second-order valence-corrected chi connectivity index (χ2v) is 34.2. The van der Waals surface area contributed by atoms with Gasteiger partial charge in [-0.3, -0.25) is 28.3 Å². The largest absolute Gasteiger partial charge is 0.394 e. The van der Waals surface area contributed by atoms with Crippen molar-refractivity contribution >= 4 is 210 Å². The predicted molar refractivity (Wildman–Crippen MR) is 343 cm³/mol. The van der Waals surface area contributed by atoms with E-state index in [9.17, 15) is 19.2 Å². The molecule has 13 nitrogen and oxygen atoms in total. The maximum atomic E-state index is 13.4. The van der Waals surface area contributed by atoms with Crippen LogP contribution in [0.15, 0.2) is 82.2 Å². The van der Waals surface area contributed by atoms with Gasteiger partial charge < -0.3 is 33.5 Å². The van der Waals surface area contributed by atoms with E-state index in [1.807, 2.05) is 141 Å². The summed E-state index contributed by atoms with van der Waals surface area (Å²) in [5.74, 6) is 4.12. The Kier molecular flexibility index (Phi) is 26.7. The zero-order valence-corrected chi connectivity index (χ0v) is 53.3. The van der Waals surface area contributed by atoms with Gasteiger partial charge >= 0.3 is 0 Å². The minimum atomic E-state index is -0.546. The van der Waals surface area contributed by atoms with Crippen LogP contribution < -0.4 is 22.2 Å². The van der Waals surface area contributed by atoms with E-state index in [2.05, 4.69) is 18.8 Å². The molecule has 1 aromatic carbocycles. The molecule has 8 rings (SSSR count). The van der Waals surface area contributed by atoms with Crippen molar-refractivity contribution in [1.82, 2.24) is 9.13 Å². The van der Waals surface area contributed by atoms with Crippen LogP contribution in [0.3, 0.4) is 0 Å². The Hall–Kier alpha value is 1.26. The minimum Gasteiger partial charge on any atom is -0.394 e. The normalized spacial score (nSPS) is 22.1. The highest BCUT2D eigenvalue weighted by Crippen LogP contribution is 2.67. The number of ether oxygens (including phenoxy) is 6. The molecule has 74 heavy (non-hydrogen) atoms. The Bertz CT molecular complexity index is 2810. The van der Waals surface area contributed by atoms with E-state index in [0.717, 1.165) is 32.1 Å². The van der Waals surface area contributed by atoms with Gasteiger partial charge in [0.05, 0.1) is 171 Å². The van der Waals surface area contributed by atoms with Crippen LogP contribution in [0, 0.1) is 0 Å². The number of thioether (sulfide) groups is 16. The van der Waals surface area contributed by atoms with Gasteiger partial charge in [-0.25, -0.2) is 0 Å². The first-order valence-electron chi connectivity index (χ1n) is 22.8. The lowest BCUT2D eigenvalue weighted by molar-refractivity contribution is 0.0605. The molecule has 3 aromatic rings. The van der Waals surface area contributed by atoms with Crippen LogP contribution in [-0.4, -0.2) is 148 Å². The predicted octanol–water partition coefficient (Wildman–Crippen LogP) is 11.5. The molecule has 0 saturated carbocycles. The number of aliphatic hydroxyl groups is 1. The van der Waals surface area contributed by atoms with Crippen LogP contribution in [0.4, 0.5) is 0 Å². The molecule has 0 unspecified atom stereocenters. The van der Waals surface area contributed by atoms with Crippen molar-refractivity contribution in [3.8, 4) is 0 Å². The molecule has 7 heterocycles. The number of nitrogens with zero attached hydrogens (tertiary/aromatic N) is 2. The zero-order valence-electron chi connectivity index (χ0n) is 40.3. The number of hydrogen-bond acceptors (Lipinski definition) is 27. The monoisotopic (exact) mass is 1310 g/mol. The fraction of sp³-hybridized carbons (Fsp3) is 0.511. The van der Waals surface area contributed by atoms with E-state index >= 15 is 0 Å². The molecule has 0 atom stereocenters. The molecule has 0 radical (unpaired) electrons. The SMILES string of the molecule is CSC1=C2SCCOCCOCCSC3=C(SC)S/C(=C4/SC(=C(SCCOCCn5c(=O)c6cc7c(=O)n(CCOCCO)c(=O)c7cc6c5=O)S4)SCCOCCOCCSC4=C(SC)S/C(=C(\S1)S2)S4)S3. The van der Waals surface area contributed by atoms with Crippen molar-refractivity contribution in [2.24, 2.45) is 0 Å². The third-order valence-electron chi connectivity index (χ3n) is 10.3. The first-order valence-corrected chi connectivity index (χ1v) is 38.0. The number of aromatic nitrogens is 2. The van der Waals surface area contributed by atoms with Gasteiger partial charge in [-0.2, -0.15) is 0 Å². The first-order chi connectivity index (χ1) is 36.2. The van der Waals surface area contributed by atoms with Gasteiger partial charge in [0.2, 0.25) is 0 Å². The summed E-state index contributed by atoms with van der Waals surface area (Å²) in [6.45, 7) is 5.41. The molecule has 0 aliphatic carbocycles. The first kappa shape index (κ1) is 61.3. The van der Waals surface area contributed by atoms with Gasteiger partial charge in [0, 0.05) is 28.8 Å². The molecule has 2 aromatic heterocycles. The van der Waals surface area contributed by atoms with Gasteiger partial charge in [-0.1, -0.05) is 94.1 Å². The maximum Gasteiger partial charge on any atom is 0.261 e. The molecule has 0 amide bonds. The van der Waals surface area contributed by atoms with E-state index < -0.39 is 22.2 Å². The van der Waals surface area contributed by atoms with Crippen molar-refractivity contribution in [1.29, 1.82) is 0 Å². The maximum absolute atomic E-state index is 13.4. The summed E-state index contributed by atoms with van der Waals surface area (Å²) < 4.78 is 53.3. The highest BCUT2D eigenvalue weighted by Gasteiger charge is 2.32. The van der Waals surface area contributed by atoms with Gasteiger partial charge in [0.15, 0.2) is 0 Å². The molecule has 0 fully saturated rings. The molecule has 8 bridgehead atoms. The van der Waals surface area contributed by atoms with Crippen LogP contribution in [0.2, 0.25) is 0 Å². The van der Waals surface area contributed by atoms with E-state index in [0.29, 0.717) is 65.2 Å². The summed E-state index contributed by atoms with van der Waals surface area (Å²) in [7, 11) is 0. The Labute approximate surface area is 497 Å². The number of rotatable bonds is 15. The third-order valence-corrected chi connectivity index (χ3v) is 32.8. The summed E-state index contributed by atoms with van der Waals surface area (Å²) in [6.07, 6.45) is 6.46. The second kappa shape index (κ2) is 32.2. The van der Waals surface area contributed by atoms with Crippen LogP contribution in [0.1, 0.15) is 0 Å². The second-order valence-electron chi connectivity index (χ2n) is 15.0. The summed E-state index contributed by atoms with van der Waals surface area (Å²) >= 11 is 29.5. The Morgan fingerprint density at radius 3 is 1.11 bits per heavy atom. The highest BCUT2D eigenvalue weighted by atomic mass is 32.3. The summed E-state index contributed by atoms with van der Waals surface area (Å²) in [6, 6.07) is 2.70. The molecule has 1 N–H and O–H groups in total. The van der Waals surface area contributed by atoms with E-state index in [1.54, 1.807) is 47.0 Å². The van der Waals surface area contributed by atoms with Crippen molar-refractivity contribution in [2.45, 2.75) is 13.1 Å². The molecule has 5 aliphatic heterocycles. The smallest absolute Gasteiger partial charge is 0.261 e. The number of aliphatic hydroxyl groups excluding tert-OH is 1. The fourth-order valence-electron chi connectivity index (χ4n) is 6.91. The van der Waals surface area contributed by atoms with Gasteiger partial charge in [-0.05, 0) is 30.9 Å². The molecule has 0 spiro atoms. The Balaban J connectivity index is 0.844. The average Bonchev–Trinajstić information content (AvgIpc) is 4.27. The summed E-state index contributed by atoms with van der Waals surface area (Å²) in [5, 5.41) is 9.32. The van der Waals surface area contributed by atoms with Gasteiger partial charge in [0.25, 0.3) is 22.2 Å². The molecule has 0 saturated heterocycles. The third kappa shape index (κ3) is 16.5. The lowest BCUT2D eigenvalue weighted by Gasteiger charge is -2.08. The number of benzene rings is 1. The molecular weight excluding hydrogens is 1260 g/mol. The topological polar surface area (TPSA) is 154 Å². The Morgan fingerprint density at radius 2 is 0.770 bits per heavy atom. The molecule has 5 aliphatic rings. The molecular formula is C45H52N2O11S16. The minimum absolute atomic E-state index is 0.00311.